The van der Waals surface area contributed by atoms with Gasteiger partial charge in [0.25, 0.3) is 0 Å². The van der Waals surface area contributed by atoms with E-state index in [4.69, 9.17) is 4.74 Å². The summed E-state index contributed by atoms with van der Waals surface area (Å²) in [4.78, 5) is 4.31. The van der Waals surface area contributed by atoms with Crippen LogP contribution >= 0.6 is 0 Å². The molecule has 0 amide bonds. The molecule has 1 rings (SSSR count). The van der Waals surface area contributed by atoms with Crippen LogP contribution in [0, 0.1) is 12.8 Å². The number of nitrogens with one attached hydrogen (secondary N) is 1. The van der Waals surface area contributed by atoms with Gasteiger partial charge in [0, 0.05) is 12.6 Å². The van der Waals surface area contributed by atoms with Crippen LogP contribution in [0.3, 0.4) is 0 Å². The van der Waals surface area contributed by atoms with Crippen molar-refractivity contribution in [1.82, 2.24) is 4.98 Å². The molecular formula is C12H20N2O. The molecule has 1 atom stereocenters. The second-order valence-corrected chi connectivity index (χ2v) is 3.88. The van der Waals surface area contributed by atoms with Gasteiger partial charge in [-0.25, -0.2) is 4.98 Å². The highest BCUT2D eigenvalue weighted by Gasteiger charge is 2.03. The second kappa shape index (κ2) is 5.59. The minimum Gasteiger partial charge on any atom is -0.481 e. The van der Waals surface area contributed by atoms with Crippen LogP contribution in [0.2, 0.25) is 0 Å². The van der Waals surface area contributed by atoms with Crippen molar-refractivity contribution in [3.8, 4) is 5.88 Å². The number of ether oxygens (including phenoxy) is 1. The van der Waals surface area contributed by atoms with Crippen molar-refractivity contribution >= 4 is 5.69 Å². The SMILES string of the molecule is CCC(C)CNc1ccc(OC)nc1C. The lowest BCUT2D eigenvalue weighted by Gasteiger charge is -2.13. The van der Waals surface area contributed by atoms with E-state index in [0.717, 1.165) is 17.9 Å². The predicted octanol–water partition coefficient (Wildman–Crippen LogP) is 2.86. The van der Waals surface area contributed by atoms with Crippen molar-refractivity contribution in [1.29, 1.82) is 0 Å². The Morgan fingerprint density at radius 1 is 1.47 bits per heavy atom. The zero-order valence-electron chi connectivity index (χ0n) is 10.0. The number of rotatable bonds is 5. The van der Waals surface area contributed by atoms with Crippen LogP contribution in [-0.2, 0) is 0 Å². The first-order valence-corrected chi connectivity index (χ1v) is 5.42. The maximum absolute atomic E-state index is 5.06. The van der Waals surface area contributed by atoms with E-state index in [1.54, 1.807) is 7.11 Å². The fraction of sp³-hybridized carbons (Fsp3) is 0.583. The minimum atomic E-state index is 0.668. The van der Waals surface area contributed by atoms with Gasteiger partial charge in [0.2, 0.25) is 5.88 Å². The predicted molar refractivity (Wildman–Crippen MR) is 63.5 cm³/mol. The number of anilines is 1. The quantitative estimate of drug-likeness (QED) is 0.808. The maximum Gasteiger partial charge on any atom is 0.213 e. The number of nitrogens with zero attached hydrogens (tertiary/aromatic N) is 1. The van der Waals surface area contributed by atoms with Crippen LogP contribution in [0.15, 0.2) is 12.1 Å². The first kappa shape index (κ1) is 11.8. The summed E-state index contributed by atoms with van der Waals surface area (Å²) in [7, 11) is 1.63. The van der Waals surface area contributed by atoms with Crippen molar-refractivity contribution in [3.05, 3.63) is 17.8 Å². The summed E-state index contributed by atoms with van der Waals surface area (Å²) in [6.07, 6.45) is 1.19. The Morgan fingerprint density at radius 3 is 2.73 bits per heavy atom. The maximum atomic E-state index is 5.06. The van der Waals surface area contributed by atoms with Crippen LogP contribution in [0.1, 0.15) is 26.0 Å². The Kier molecular flexibility index (Phi) is 4.40. The smallest absolute Gasteiger partial charge is 0.213 e. The highest BCUT2D eigenvalue weighted by Crippen LogP contribution is 2.17. The molecule has 0 radical (unpaired) electrons. The van der Waals surface area contributed by atoms with E-state index in [2.05, 4.69) is 24.1 Å². The van der Waals surface area contributed by atoms with Crippen molar-refractivity contribution in [2.24, 2.45) is 5.92 Å². The molecule has 1 aromatic heterocycles. The molecule has 0 aromatic carbocycles. The molecule has 0 bridgehead atoms. The number of hydrogen-bond acceptors (Lipinski definition) is 3. The van der Waals surface area contributed by atoms with Gasteiger partial charge in [0.15, 0.2) is 0 Å². The van der Waals surface area contributed by atoms with E-state index in [1.807, 2.05) is 19.1 Å². The Labute approximate surface area is 91.9 Å². The summed E-state index contributed by atoms with van der Waals surface area (Å²) in [5.74, 6) is 1.35. The number of aromatic nitrogens is 1. The van der Waals surface area contributed by atoms with Crippen molar-refractivity contribution < 1.29 is 4.74 Å². The van der Waals surface area contributed by atoms with Gasteiger partial charge in [-0.15, -0.1) is 0 Å². The Bertz CT molecular complexity index is 312. The third-order valence-corrected chi connectivity index (χ3v) is 2.61. The normalized spacial score (nSPS) is 12.3. The fourth-order valence-electron chi connectivity index (χ4n) is 1.27. The van der Waals surface area contributed by atoms with Crippen LogP contribution < -0.4 is 10.1 Å². The molecule has 0 aliphatic rings. The molecule has 0 aliphatic carbocycles. The number of pyridine rings is 1. The van der Waals surface area contributed by atoms with Gasteiger partial charge in [0.05, 0.1) is 18.5 Å². The second-order valence-electron chi connectivity index (χ2n) is 3.88. The Balaban J connectivity index is 2.62. The van der Waals surface area contributed by atoms with Gasteiger partial charge in [-0.1, -0.05) is 20.3 Å². The highest BCUT2D eigenvalue weighted by molar-refractivity contribution is 5.48. The highest BCUT2D eigenvalue weighted by atomic mass is 16.5. The lowest BCUT2D eigenvalue weighted by Crippen LogP contribution is -2.11. The molecule has 1 unspecified atom stereocenters. The average Bonchev–Trinajstić information content (AvgIpc) is 2.26. The molecule has 1 N–H and O–H groups in total. The summed E-state index contributed by atoms with van der Waals surface area (Å²) in [5, 5.41) is 3.40. The molecule has 0 spiro atoms. The monoisotopic (exact) mass is 208 g/mol. The van der Waals surface area contributed by atoms with Crippen molar-refractivity contribution in [2.75, 3.05) is 19.0 Å². The molecule has 1 aromatic rings. The Morgan fingerprint density at radius 2 is 2.20 bits per heavy atom. The van der Waals surface area contributed by atoms with E-state index >= 15 is 0 Å². The zero-order valence-corrected chi connectivity index (χ0v) is 10.0. The van der Waals surface area contributed by atoms with Crippen LogP contribution in [-0.4, -0.2) is 18.6 Å². The Hall–Kier alpha value is -1.25. The topological polar surface area (TPSA) is 34.1 Å². The molecule has 1 heterocycles. The van der Waals surface area contributed by atoms with E-state index in [9.17, 15) is 0 Å². The van der Waals surface area contributed by atoms with Crippen LogP contribution in [0.4, 0.5) is 5.69 Å². The summed E-state index contributed by atoms with van der Waals surface area (Å²) in [6, 6.07) is 3.90. The van der Waals surface area contributed by atoms with Gasteiger partial charge in [-0.2, -0.15) is 0 Å². The van der Waals surface area contributed by atoms with Crippen molar-refractivity contribution in [3.63, 3.8) is 0 Å². The molecule has 15 heavy (non-hydrogen) atoms. The molecule has 84 valence electrons. The zero-order chi connectivity index (χ0) is 11.3. The fourth-order valence-corrected chi connectivity index (χ4v) is 1.27. The third-order valence-electron chi connectivity index (χ3n) is 2.61. The van der Waals surface area contributed by atoms with Gasteiger partial charge in [-0.05, 0) is 18.9 Å². The van der Waals surface area contributed by atoms with Crippen LogP contribution in [0.5, 0.6) is 5.88 Å². The molecule has 3 nitrogen and oxygen atoms in total. The summed E-state index contributed by atoms with van der Waals surface area (Å²) in [6.45, 7) is 7.41. The molecule has 0 aliphatic heterocycles. The summed E-state index contributed by atoms with van der Waals surface area (Å²) < 4.78 is 5.06. The van der Waals surface area contributed by atoms with E-state index in [1.165, 1.54) is 6.42 Å². The molecule has 3 heteroatoms. The lowest BCUT2D eigenvalue weighted by atomic mass is 10.1. The number of methoxy groups -OCH3 is 1. The first-order chi connectivity index (χ1) is 7.17. The average molecular weight is 208 g/mol. The third kappa shape index (κ3) is 3.42. The standard InChI is InChI=1S/C12H20N2O/c1-5-9(2)8-13-11-6-7-12(15-4)14-10(11)3/h6-7,9,13H,5,8H2,1-4H3. The van der Waals surface area contributed by atoms with E-state index in [-0.39, 0.29) is 0 Å². The first-order valence-electron chi connectivity index (χ1n) is 5.42. The summed E-state index contributed by atoms with van der Waals surface area (Å²) >= 11 is 0. The van der Waals surface area contributed by atoms with Gasteiger partial charge < -0.3 is 10.1 Å². The van der Waals surface area contributed by atoms with E-state index < -0.39 is 0 Å². The summed E-state index contributed by atoms with van der Waals surface area (Å²) in [5.41, 5.74) is 2.08. The van der Waals surface area contributed by atoms with Gasteiger partial charge >= 0.3 is 0 Å². The van der Waals surface area contributed by atoms with E-state index in [0.29, 0.717) is 11.8 Å². The van der Waals surface area contributed by atoms with Crippen molar-refractivity contribution in [2.45, 2.75) is 27.2 Å². The lowest BCUT2D eigenvalue weighted by molar-refractivity contribution is 0.397. The number of hydrogen-bond donors (Lipinski definition) is 1. The van der Waals surface area contributed by atoms with Crippen LogP contribution in [0.25, 0.3) is 0 Å². The largest absolute Gasteiger partial charge is 0.481 e. The minimum absolute atomic E-state index is 0.668. The van der Waals surface area contributed by atoms with Gasteiger partial charge in [-0.3, -0.25) is 0 Å². The number of aryl methyl sites for hydroxylation is 1. The van der Waals surface area contributed by atoms with Gasteiger partial charge in [0.1, 0.15) is 0 Å². The molecule has 0 saturated heterocycles. The molecular weight excluding hydrogens is 188 g/mol. The molecule has 0 saturated carbocycles. The molecule has 0 fully saturated rings.